The van der Waals surface area contributed by atoms with E-state index in [9.17, 15) is 0 Å². The molecule has 4 aromatic heterocycles. The van der Waals surface area contributed by atoms with Crippen LogP contribution in [0.3, 0.4) is 0 Å². The third kappa shape index (κ3) is 6.67. The molecule has 0 bridgehead atoms. The summed E-state index contributed by atoms with van der Waals surface area (Å²) < 4.78 is 6.32. The zero-order valence-electron chi connectivity index (χ0n) is 24.6. The van der Waals surface area contributed by atoms with Gasteiger partial charge in [0.25, 0.3) is 0 Å². The van der Waals surface area contributed by atoms with E-state index in [-0.39, 0.29) is 5.41 Å². The van der Waals surface area contributed by atoms with Gasteiger partial charge in [0.2, 0.25) is 5.13 Å². The van der Waals surface area contributed by atoms with Crippen molar-refractivity contribution >= 4 is 47.1 Å². The standard InChI is InChI=1S/C30H41N7OSSi/c1-30(2,3)22-13-21(16-32-17-22)24-15-25-26(14-23(31)18-33-25)34-27(24)37(19-38-11-12-40(4,5)6)29-36-35-28(39-29)20-9-7-8-10-20/h13-18,20H,7-12,19,31H2,1-6H3. The molecule has 0 aromatic carbocycles. The highest BCUT2D eigenvalue weighted by Crippen LogP contribution is 2.41. The Morgan fingerprint density at radius 1 is 1.02 bits per heavy atom. The number of nitrogens with two attached hydrogens (primary N) is 1. The summed E-state index contributed by atoms with van der Waals surface area (Å²) >= 11 is 1.65. The number of nitrogen functional groups attached to an aromatic ring is 1. The van der Waals surface area contributed by atoms with Gasteiger partial charge < -0.3 is 10.5 Å². The Morgan fingerprint density at radius 3 is 2.52 bits per heavy atom. The van der Waals surface area contributed by atoms with Crippen LogP contribution in [0.2, 0.25) is 25.7 Å². The van der Waals surface area contributed by atoms with Crippen molar-refractivity contribution in [1.82, 2.24) is 25.1 Å². The first-order valence-corrected chi connectivity index (χ1v) is 18.7. The van der Waals surface area contributed by atoms with E-state index >= 15 is 0 Å². The van der Waals surface area contributed by atoms with Crippen molar-refractivity contribution in [2.75, 3.05) is 24.0 Å². The Kier molecular flexibility index (Phi) is 8.21. The molecule has 0 amide bonds. The molecule has 0 spiro atoms. The summed E-state index contributed by atoms with van der Waals surface area (Å²) in [6.07, 6.45) is 10.4. The lowest BCUT2D eigenvalue weighted by Crippen LogP contribution is -2.26. The van der Waals surface area contributed by atoms with Gasteiger partial charge in [-0.2, -0.15) is 0 Å². The second kappa shape index (κ2) is 11.5. The minimum atomic E-state index is -1.25. The Balaban J connectivity index is 1.63. The van der Waals surface area contributed by atoms with Crippen molar-refractivity contribution in [3.8, 4) is 11.1 Å². The summed E-state index contributed by atoms with van der Waals surface area (Å²) in [5.41, 5.74) is 11.2. The number of anilines is 3. The van der Waals surface area contributed by atoms with E-state index in [4.69, 9.17) is 15.5 Å². The van der Waals surface area contributed by atoms with Gasteiger partial charge in [-0.3, -0.25) is 14.9 Å². The van der Waals surface area contributed by atoms with Crippen LogP contribution in [0.4, 0.5) is 16.6 Å². The van der Waals surface area contributed by atoms with Crippen LogP contribution in [0.5, 0.6) is 0 Å². The van der Waals surface area contributed by atoms with Crippen LogP contribution in [0.15, 0.2) is 36.8 Å². The summed E-state index contributed by atoms with van der Waals surface area (Å²) in [6, 6.07) is 7.23. The van der Waals surface area contributed by atoms with E-state index in [0.717, 1.165) is 49.7 Å². The van der Waals surface area contributed by atoms with Crippen molar-refractivity contribution < 1.29 is 4.74 Å². The zero-order valence-corrected chi connectivity index (χ0v) is 26.4. The highest BCUT2D eigenvalue weighted by molar-refractivity contribution is 7.15. The summed E-state index contributed by atoms with van der Waals surface area (Å²) in [6.45, 7) is 14.7. The van der Waals surface area contributed by atoms with Crippen molar-refractivity contribution in [2.24, 2.45) is 0 Å². The van der Waals surface area contributed by atoms with Crippen molar-refractivity contribution in [3.05, 3.63) is 47.4 Å². The molecule has 1 aliphatic carbocycles. The average molecular weight is 576 g/mol. The van der Waals surface area contributed by atoms with E-state index < -0.39 is 8.07 Å². The molecule has 0 unspecified atom stereocenters. The minimum absolute atomic E-state index is 0.0464. The van der Waals surface area contributed by atoms with Crippen LogP contribution in [-0.4, -0.2) is 46.6 Å². The van der Waals surface area contributed by atoms with Gasteiger partial charge in [-0.1, -0.05) is 64.6 Å². The molecule has 0 aliphatic heterocycles. The van der Waals surface area contributed by atoms with Crippen molar-refractivity contribution in [3.63, 3.8) is 0 Å². The molecule has 1 saturated carbocycles. The first-order valence-electron chi connectivity index (χ1n) is 14.2. The summed E-state index contributed by atoms with van der Waals surface area (Å²) in [5.74, 6) is 1.23. The lowest BCUT2D eigenvalue weighted by Gasteiger charge is -2.25. The van der Waals surface area contributed by atoms with Crippen molar-refractivity contribution in [2.45, 2.75) is 83.5 Å². The third-order valence-electron chi connectivity index (χ3n) is 7.42. The number of fused-ring (bicyclic) bond motifs is 1. The SMILES string of the molecule is CC(C)(C)c1cncc(-c2cc3ncc(N)cc3nc2N(COCC[Si](C)(C)C)c2nnc(C3CCCC3)s2)c1. The molecule has 0 saturated heterocycles. The Morgan fingerprint density at radius 2 is 1.80 bits per heavy atom. The van der Waals surface area contributed by atoms with E-state index in [1.165, 1.54) is 25.7 Å². The van der Waals surface area contributed by atoms with E-state index in [1.54, 1.807) is 17.5 Å². The molecular formula is C30H41N7OSSi. The maximum absolute atomic E-state index is 6.32. The van der Waals surface area contributed by atoms with E-state index in [2.05, 4.69) is 77.6 Å². The molecule has 1 aliphatic rings. The average Bonchev–Trinajstić information content (AvgIpc) is 3.60. The van der Waals surface area contributed by atoms with Crippen molar-refractivity contribution in [1.29, 1.82) is 0 Å². The van der Waals surface area contributed by atoms with Gasteiger partial charge in [0.15, 0.2) is 0 Å². The van der Waals surface area contributed by atoms with Gasteiger partial charge in [0.05, 0.1) is 22.9 Å². The highest BCUT2D eigenvalue weighted by Gasteiger charge is 2.27. The molecule has 212 valence electrons. The quantitative estimate of drug-likeness (QED) is 0.124. The zero-order chi connectivity index (χ0) is 28.5. The van der Waals surface area contributed by atoms with E-state index in [1.807, 2.05) is 18.5 Å². The maximum atomic E-state index is 6.32. The Hall–Kier alpha value is -2.95. The lowest BCUT2D eigenvalue weighted by atomic mass is 9.87. The molecule has 0 atom stereocenters. The number of hydrogen-bond donors (Lipinski definition) is 1. The molecule has 40 heavy (non-hydrogen) atoms. The number of nitrogens with zero attached hydrogens (tertiary/aromatic N) is 6. The maximum Gasteiger partial charge on any atom is 0.215 e. The van der Waals surface area contributed by atoms with Gasteiger partial charge in [0, 0.05) is 44.1 Å². The summed E-state index contributed by atoms with van der Waals surface area (Å²) in [5, 5.41) is 11.2. The second-order valence-corrected chi connectivity index (χ2v) is 19.7. The number of hydrogen-bond acceptors (Lipinski definition) is 9. The monoisotopic (exact) mass is 575 g/mol. The predicted molar refractivity (Wildman–Crippen MR) is 168 cm³/mol. The van der Waals surface area contributed by atoms with E-state index in [0.29, 0.717) is 24.9 Å². The van der Waals surface area contributed by atoms with Gasteiger partial charge >= 0.3 is 0 Å². The summed E-state index contributed by atoms with van der Waals surface area (Å²) in [7, 11) is -1.25. The normalized spacial score (nSPS) is 14.8. The second-order valence-electron chi connectivity index (χ2n) is 13.1. The molecule has 1 fully saturated rings. The smallest absolute Gasteiger partial charge is 0.215 e. The van der Waals surface area contributed by atoms with Crippen LogP contribution >= 0.6 is 11.3 Å². The van der Waals surface area contributed by atoms with Crippen LogP contribution in [0.25, 0.3) is 22.2 Å². The Bertz CT molecular complexity index is 1470. The van der Waals surface area contributed by atoms with Gasteiger partial charge in [-0.05, 0) is 48.1 Å². The van der Waals surface area contributed by atoms with Crippen LogP contribution in [0.1, 0.15) is 62.9 Å². The number of ether oxygens (including phenoxy) is 1. The van der Waals surface area contributed by atoms with Gasteiger partial charge in [-0.25, -0.2) is 4.98 Å². The molecule has 0 radical (unpaired) electrons. The van der Waals surface area contributed by atoms with Crippen LogP contribution < -0.4 is 10.6 Å². The number of rotatable bonds is 9. The Labute approximate surface area is 242 Å². The molecule has 4 heterocycles. The van der Waals surface area contributed by atoms with Gasteiger partial charge in [0.1, 0.15) is 17.6 Å². The fourth-order valence-electron chi connectivity index (χ4n) is 4.89. The molecule has 2 N–H and O–H groups in total. The van der Waals surface area contributed by atoms with Crippen LogP contribution in [0, 0.1) is 0 Å². The molecular weight excluding hydrogens is 535 g/mol. The number of pyridine rings is 3. The largest absolute Gasteiger partial charge is 0.397 e. The minimum Gasteiger partial charge on any atom is -0.397 e. The fraction of sp³-hybridized carbons (Fsp3) is 0.500. The third-order valence-corrected chi connectivity index (χ3v) is 10.2. The van der Waals surface area contributed by atoms with Gasteiger partial charge in [-0.15, -0.1) is 10.2 Å². The predicted octanol–water partition coefficient (Wildman–Crippen LogP) is 7.53. The summed E-state index contributed by atoms with van der Waals surface area (Å²) in [4.78, 5) is 16.4. The first kappa shape index (κ1) is 28.6. The topological polar surface area (TPSA) is 103 Å². The number of aromatic nitrogens is 5. The first-order chi connectivity index (χ1) is 19.0. The van der Waals surface area contributed by atoms with Crippen LogP contribution in [-0.2, 0) is 10.2 Å². The molecule has 5 rings (SSSR count). The molecule has 10 heteroatoms. The highest BCUT2D eigenvalue weighted by atomic mass is 32.1. The lowest BCUT2D eigenvalue weighted by molar-refractivity contribution is 0.153. The molecule has 8 nitrogen and oxygen atoms in total. The molecule has 4 aromatic rings. The fourth-order valence-corrected chi connectivity index (χ4v) is 6.64.